The van der Waals surface area contributed by atoms with Crippen LogP contribution in [-0.2, 0) is 4.74 Å². The van der Waals surface area contributed by atoms with E-state index in [0.717, 1.165) is 4.68 Å². The van der Waals surface area contributed by atoms with Crippen LogP contribution >= 0.6 is 0 Å². The second-order valence-corrected chi connectivity index (χ2v) is 5.62. The van der Waals surface area contributed by atoms with Crippen molar-refractivity contribution in [2.75, 3.05) is 0 Å². The second kappa shape index (κ2) is 4.68. The number of alkyl halides is 3. The summed E-state index contributed by atoms with van der Waals surface area (Å²) in [5, 5.41) is 3.74. The van der Waals surface area contributed by atoms with E-state index < -0.39 is 29.9 Å². The van der Waals surface area contributed by atoms with Gasteiger partial charge in [-0.1, -0.05) is 0 Å². The quantitative estimate of drug-likeness (QED) is 0.841. The molecule has 0 aliphatic heterocycles. The monoisotopic (exact) mass is 292 g/mol. The summed E-state index contributed by atoms with van der Waals surface area (Å²) >= 11 is 0. The Bertz CT molecular complexity index is 505. The average molecular weight is 292 g/mol. The summed E-state index contributed by atoms with van der Waals surface area (Å²) in [5.74, 6) is -1.47. The lowest BCUT2D eigenvalue weighted by Gasteiger charge is -2.18. The van der Waals surface area contributed by atoms with Gasteiger partial charge in [0.15, 0.2) is 0 Å². The fraction of sp³-hybridized carbons (Fsp3) is 0.667. The predicted molar refractivity (Wildman–Crippen MR) is 62.4 cm³/mol. The molecule has 0 spiro atoms. The molecule has 8 heteroatoms. The van der Waals surface area contributed by atoms with Crippen molar-refractivity contribution in [3.63, 3.8) is 0 Å². The minimum Gasteiger partial charge on any atom is -0.473 e. The highest BCUT2D eigenvalue weighted by Crippen LogP contribution is 2.46. The molecular formula is C12H15F3N2O3. The van der Waals surface area contributed by atoms with Gasteiger partial charge in [-0.05, 0) is 27.2 Å². The van der Waals surface area contributed by atoms with Gasteiger partial charge in [0.1, 0.15) is 11.7 Å². The SMILES string of the molecule is CC(C)(C)OC(=O)n1ccc(O[C@@H]2C[C@@H]2C(F)(F)F)n1. The van der Waals surface area contributed by atoms with Crippen LogP contribution in [0.1, 0.15) is 27.2 Å². The van der Waals surface area contributed by atoms with E-state index in [9.17, 15) is 18.0 Å². The van der Waals surface area contributed by atoms with E-state index in [1.165, 1.54) is 12.3 Å². The molecule has 112 valence electrons. The van der Waals surface area contributed by atoms with Crippen LogP contribution < -0.4 is 4.74 Å². The Hall–Kier alpha value is -1.73. The van der Waals surface area contributed by atoms with Crippen LogP contribution in [0.15, 0.2) is 12.3 Å². The third-order valence-electron chi connectivity index (χ3n) is 2.57. The number of rotatable bonds is 2. The maximum absolute atomic E-state index is 12.3. The lowest BCUT2D eigenvalue weighted by Crippen LogP contribution is -2.27. The molecule has 1 aromatic rings. The smallest absolute Gasteiger partial charge is 0.435 e. The van der Waals surface area contributed by atoms with Crippen molar-refractivity contribution in [2.45, 2.75) is 45.1 Å². The van der Waals surface area contributed by atoms with E-state index in [4.69, 9.17) is 9.47 Å². The third-order valence-corrected chi connectivity index (χ3v) is 2.57. The van der Waals surface area contributed by atoms with E-state index in [0.29, 0.717) is 0 Å². The van der Waals surface area contributed by atoms with Gasteiger partial charge in [0.25, 0.3) is 0 Å². The third kappa shape index (κ3) is 3.64. The summed E-state index contributed by atoms with van der Waals surface area (Å²) in [5.41, 5.74) is -0.679. The molecule has 20 heavy (non-hydrogen) atoms. The van der Waals surface area contributed by atoms with Gasteiger partial charge in [0.05, 0.1) is 5.92 Å². The molecule has 0 amide bonds. The average Bonchev–Trinajstić information content (AvgIpc) is 2.84. The first-order valence-electron chi connectivity index (χ1n) is 6.09. The highest BCUT2D eigenvalue weighted by atomic mass is 19.4. The van der Waals surface area contributed by atoms with E-state index >= 15 is 0 Å². The number of ether oxygens (including phenoxy) is 2. The molecule has 1 heterocycles. The summed E-state index contributed by atoms with van der Waals surface area (Å²) < 4.78 is 48.0. The molecule has 0 saturated heterocycles. The summed E-state index contributed by atoms with van der Waals surface area (Å²) in [6.07, 6.45) is -4.68. The number of hydrogen-bond donors (Lipinski definition) is 0. The van der Waals surface area contributed by atoms with Gasteiger partial charge in [-0.25, -0.2) is 4.79 Å². The van der Waals surface area contributed by atoms with Gasteiger partial charge < -0.3 is 9.47 Å². The zero-order valence-corrected chi connectivity index (χ0v) is 11.3. The first-order valence-corrected chi connectivity index (χ1v) is 6.09. The Labute approximate surface area is 113 Å². The van der Waals surface area contributed by atoms with E-state index in [-0.39, 0.29) is 12.3 Å². The Balaban J connectivity index is 1.92. The van der Waals surface area contributed by atoms with E-state index in [1.54, 1.807) is 20.8 Å². The lowest BCUT2D eigenvalue weighted by atomic mass is 10.2. The lowest BCUT2D eigenvalue weighted by molar-refractivity contribution is -0.153. The van der Waals surface area contributed by atoms with Crippen LogP contribution in [-0.4, -0.2) is 33.8 Å². The maximum atomic E-state index is 12.3. The minimum atomic E-state index is -4.25. The van der Waals surface area contributed by atoms with Crippen molar-refractivity contribution in [3.05, 3.63) is 12.3 Å². The summed E-state index contributed by atoms with van der Waals surface area (Å²) in [4.78, 5) is 11.6. The first-order chi connectivity index (χ1) is 9.06. The van der Waals surface area contributed by atoms with Crippen molar-refractivity contribution in [1.29, 1.82) is 0 Å². The number of carbonyl (C=O) groups is 1. The fourth-order valence-electron chi connectivity index (χ4n) is 1.58. The molecule has 0 bridgehead atoms. The van der Waals surface area contributed by atoms with Crippen LogP contribution in [0, 0.1) is 5.92 Å². The van der Waals surface area contributed by atoms with Crippen LogP contribution in [0.3, 0.4) is 0 Å². The van der Waals surface area contributed by atoms with Crippen LogP contribution in [0.5, 0.6) is 5.88 Å². The second-order valence-electron chi connectivity index (χ2n) is 5.62. The van der Waals surface area contributed by atoms with Crippen molar-refractivity contribution in [2.24, 2.45) is 5.92 Å². The molecule has 0 N–H and O–H groups in total. The van der Waals surface area contributed by atoms with Crippen molar-refractivity contribution in [1.82, 2.24) is 9.78 Å². The molecule has 0 aromatic carbocycles. The molecule has 1 aliphatic rings. The van der Waals surface area contributed by atoms with Crippen molar-refractivity contribution >= 4 is 6.09 Å². The number of nitrogens with zero attached hydrogens (tertiary/aromatic N) is 2. The Morgan fingerprint density at radius 1 is 1.40 bits per heavy atom. The Morgan fingerprint density at radius 2 is 2.05 bits per heavy atom. The Kier molecular flexibility index (Phi) is 3.43. The van der Waals surface area contributed by atoms with Gasteiger partial charge in [-0.15, -0.1) is 5.10 Å². The number of carbonyl (C=O) groups excluding carboxylic acids is 1. The molecule has 5 nitrogen and oxygen atoms in total. The summed E-state index contributed by atoms with van der Waals surface area (Å²) in [7, 11) is 0. The summed E-state index contributed by atoms with van der Waals surface area (Å²) in [6.45, 7) is 5.10. The molecule has 1 fully saturated rings. The highest BCUT2D eigenvalue weighted by molar-refractivity contribution is 5.69. The zero-order chi connectivity index (χ0) is 15.1. The van der Waals surface area contributed by atoms with Crippen LogP contribution in [0.4, 0.5) is 18.0 Å². The first kappa shape index (κ1) is 14.7. The topological polar surface area (TPSA) is 53.4 Å². The van der Waals surface area contributed by atoms with Gasteiger partial charge in [0, 0.05) is 12.3 Å². The van der Waals surface area contributed by atoms with Gasteiger partial charge in [-0.3, -0.25) is 0 Å². The molecule has 1 aliphatic carbocycles. The van der Waals surface area contributed by atoms with Crippen LogP contribution in [0.2, 0.25) is 0 Å². The standard InChI is InChI=1S/C12H15F3N2O3/c1-11(2,3)20-10(18)17-5-4-9(16-17)19-8-6-7(8)12(13,14)15/h4-5,7-8H,6H2,1-3H3/t7-,8+/m0/s1. The maximum Gasteiger partial charge on any atom is 0.435 e. The highest BCUT2D eigenvalue weighted by Gasteiger charge is 2.57. The van der Waals surface area contributed by atoms with Gasteiger partial charge in [-0.2, -0.15) is 17.9 Å². The predicted octanol–water partition coefficient (Wildman–Crippen LogP) is 3.00. The zero-order valence-electron chi connectivity index (χ0n) is 11.3. The van der Waals surface area contributed by atoms with Gasteiger partial charge in [0.2, 0.25) is 5.88 Å². The molecule has 0 radical (unpaired) electrons. The largest absolute Gasteiger partial charge is 0.473 e. The number of hydrogen-bond acceptors (Lipinski definition) is 4. The number of halogens is 3. The molecule has 0 unspecified atom stereocenters. The molecule has 2 atom stereocenters. The molecular weight excluding hydrogens is 277 g/mol. The molecule has 1 aromatic heterocycles. The molecule has 2 rings (SSSR count). The summed E-state index contributed by atoms with van der Waals surface area (Å²) in [6, 6.07) is 1.33. The van der Waals surface area contributed by atoms with E-state index in [1.807, 2.05) is 0 Å². The normalized spacial score (nSPS) is 22.5. The van der Waals surface area contributed by atoms with E-state index in [2.05, 4.69) is 5.10 Å². The van der Waals surface area contributed by atoms with Crippen molar-refractivity contribution < 1.29 is 27.4 Å². The fourth-order valence-corrected chi connectivity index (χ4v) is 1.58. The number of aromatic nitrogens is 2. The Morgan fingerprint density at radius 3 is 2.55 bits per heavy atom. The molecule has 1 saturated carbocycles. The van der Waals surface area contributed by atoms with Gasteiger partial charge >= 0.3 is 12.3 Å². The van der Waals surface area contributed by atoms with Crippen LogP contribution in [0.25, 0.3) is 0 Å². The minimum absolute atomic E-state index is 0.0207. The van der Waals surface area contributed by atoms with Crippen molar-refractivity contribution in [3.8, 4) is 5.88 Å².